The number of pyridine rings is 2. The lowest BCUT2D eigenvalue weighted by Crippen LogP contribution is -2.28. The van der Waals surface area contributed by atoms with Crippen molar-refractivity contribution in [2.75, 3.05) is 7.05 Å². The second-order valence-electron chi connectivity index (χ2n) is 5.52. The van der Waals surface area contributed by atoms with Crippen molar-refractivity contribution in [3.05, 3.63) is 59.2 Å². The van der Waals surface area contributed by atoms with Crippen LogP contribution in [0.15, 0.2) is 36.7 Å². The van der Waals surface area contributed by atoms with Gasteiger partial charge in [-0.3, -0.25) is 9.97 Å². The number of likely N-dealkylation sites (N-methyl/N-ethyl adjacent to an activating group) is 1. The standard InChI is InChI=1S/C17H21N3/c1-12-6-4-10-19-15(12)17(18-2)14-9-3-7-13-8-5-11-20-16(13)14/h4-6,8,10-11,14,17-18H,3,7,9H2,1-2H3. The van der Waals surface area contributed by atoms with E-state index in [2.05, 4.69) is 34.3 Å². The maximum atomic E-state index is 4.66. The molecular weight excluding hydrogens is 246 g/mol. The molecule has 0 saturated carbocycles. The van der Waals surface area contributed by atoms with Gasteiger partial charge in [-0.15, -0.1) is 0 Å². The molecule has 0 aromatic carbocycles. The van der Waals surface area contributed by atoms with Crippen molar-refractivity contribution in [1.29, 1.82) is 0 Å². The predicted molar refractivity (Wildman–Crippen MR) is 80.7 cm³/mol. The number of aromatic nitrogens is 2. The lowest BCUT2D eigenvalue weighted by Gasteiger charge is -2.31. The number of aryl methyl sites for hydroxylation is 2. The highest BCUT2D eigenvalue weighted by Gasteiger charge is 2.30. The van der Waals surface area contributed by atoms with Crippen LogP contribution in [-0.4, -0.2) is 17.0 Å². The molecule has 2 aromatic heterocycles. The third-order valence-corrected chi connectivity index (χ3v) is 4.30. The van der Waals surface area contributed by atoms with Crippen molar-refractivity contribution < 1.29 is 0 Å². The second-order valence-corrected chi connectivity index (χ2v) is 5.52. The number of rotatable bonds is 3. The van der Waals surface area contributed by atoms with E-state index in [0.29, 0.717) is 5.92 Å². The molecule has 1 aliphatic carbocycles. The van der Waals surface area contributed by atoms with Gasteiger partial charge in [0.25, 0.3) is 0 Å². The quantitative estimate of drug-likeness (QED) is 0.928. The molecule has 0 fully saturated rings. The number of nitrogens with zero attached hydrogens (tertiary/aromatic N) is 2. The van der Waals surface area contributed by atoms with E-state index in [1.807, 2.05) is 31.6 Å². The molecule has 2 unspecified atom stereocenters. The van der Waals surface area contributed by atoms with Crippen LogP contribution in [0.3, 0.4) is 0 Å². The van der Waals surface area contributed by atoms with E-state index >= 15 is 0 Å². The van der Waals surface area contributed by atoms with Gasteiger partial charge in [0.05, 0.1) is 11.7 Å². The van der Waals surface area contributed by atoms with Crippen molar-refractivity contribution in [1.82, 2.24) is 15.3 Å². The van der Waals surface area contributed by atoms with Gasteiger partial charge in [-0.2, -0.15) is 0 Å². The first-order valence-corrected chi connectivity index (χ1v) is 7.34. The Hall–Kier alpha value is -1.74. The Kier molecular flexibility index (Phi) is 3.79. The number of hydrogen-bond acceptors (Lipinski definition) is 3. The van der Waals surface area contributed by atoms with Crippen LogP contribution in [0.1, 0.15) is 47.3 Å². The molecule has 0 spiro atoms. The minimum Gasteiger partial charge on any atom is -0.311 e. The first kappa shape index (κ1) is 13.3. The van der Waals surface area contributed by atoms with Crippen LogP contribution < -0.4 is 5.32 Å². The molecule has 3 nitrogen and oxygen atoms in total. The van der Waals surface area contributed by atoms with Crippen LogP contribution in [0.25, 0.3) is 0 Å². The monoisotopic (exact) mass is 267 g/mol. The fraction of sp³-hybridized carbons (Fsp3) is 0.412. The summed E-state index contributed by atoms with van der Waals surface area (Å²) in [5.41, 5.74) is 5.05. The van der Waals surface area contributed by atoms with Crippen LogP contribution in [0.5, 0.6) is 0 Å². The van der Waals surface area contributed by atoms with E-state index in [0.717, 1.165) is 12.1 Å². The summed E-state index contributed by atoms with van der Waals surface area (Å²) in [6.07, 6.45) is 7.35. The molecule has 2 heterocycles. The van der Waals surface area contributed by atoms with E-state index in [4.69, 9.17) is 0 Å². The summed E-state index contributed by atoms with van der Waals surface area (Å²) in [6.45, 7) is 2.13. The van der Waals surface area contributed by atoms with Gasteiger partial charge in [0, 0.05) is 24.0 Å². The SMILES string of the molecule is CNC(c1ncccc1C)C1CCCc2cccnc21. The minimum absolute atomic E-state index is 0.241. The summed E-state index contributed by atoms with van der Waals surface area (Å²) in [5.74, 6) is 0.415. The Morgan fingerprint density at radius 3 is 2.80 bits per heavy atom. The minimum atomic E-state index is 0.241. The summed E-state index contributed by atoms with van der Waals surface area (Å²) in [5, 5.41) is 3.47. The van der Waals surface area contributed by atoms with Crippen molar-refractivity contribution >= 4 is 0 Å². The molecule has 3 rings (SSSR count). The van der Waals surface area contributed by atoms with Crippen LogP contribution in [0, 0.1) is 6.92 Å². The molecule has 0 radical (unpaired) electrons. The molecule has 1 aliphatic rings. The highest BCUT2D eigenvalue weighted by atomic mass is 14.9. The van der Waals surface area contributed by atoms with Crippen molar-refractivity contribution in [2.45, 2.75) is 38.1 Å². The first-order valence-electron chi connectivity index (χ1n) is 7.34. The average Bonchev–Trinajstić information content (AvgIpc) is 2.50. The van der Waals surface area contributed by atoms with Gasteiger partial charge in [-0.05, 0) is 56.5 Å². The Morgan fingerprint density at radius 2 is 2.00 bits per heavy atom. The van der Waals surface area contributed by atoms with Gasteiger partial charge in [0.15, 0.2) is 0 Å². The molecule has 1 N–H and O–H groups in total. The van der Waals surface area contributed by atoms with Gasteiger partial charge < -0.3 is 5.32 Å². The van der Waals surface area contributed by atoms with Gasteiger partial charge in [0.2, 0.25) is 0 Å². The molecular formula is C17H21N3. The smallest absolute Gasteiger partial charge is 0.0609 e. The van der Waals surface area contributed by atoms with Crippen molar-refractivity contribution in [2.24, 2.45) is 0 Å². The van der Waals surface area contributed by atoms with Crippen molar-refractivity contribution in [3.63, 3.8) is 0 Å². The van der Waals surface area contributed by atoms with Crippen LogP contribution in [0.2, 0.25) is 0 Å². The van der Waals surface area contributed by atoms with Gasteiger partial charge in [-0.25, -0.2) is 0 Å². The van der Waals surface area contributed by atoms with Crippen LogP contribution in [-0.2, 0) is 6.42 Å². The summed E-state index contributed by atoms with van der Waals surface area (Å²) in [4.78, 5) is 9.26. The predicted octanol–water partition coefficient (Wildman–Crippen LogP) is 3.17. The van der Waals surface area contributed by atoms with E-state index in [1.165, 1.54) is 29.7 Å². The Balaban J connectivity index is 2.01. The zero-order valence-corrected chi connectivity index (χ0v) is 12.1. The summed E-state index contributed by atoms with van der Waals surface area (Å²) < 4.78 is 0. The van der Waals surface area contributed by atoms with E-state index in [1.54, 1.807) is 0 Å². The average molecular weight is 267 g/mol. The fourth-order valence-electron chi connectivity index (χ4n) is 3.32. The fourth-order valence-corrected chi connectivity index (χ4v) is 3.32. The Labute approximate surface area is 120 Å². The third kappa shape index (κ3) is 2.34. The normalized spacial score (nSPS) is 19.4. The molecule has 104 valence electrons. The molecule has 0 bridgehead atoms. The molecule has 0 saturated heterocycles. The molecule has 3 heteroatoms. The first-order chi connectivity index (χ1) is 9.81. The van der Waals surface area contributed by atoms with E-state index in [9.17, 15) is 0 Å². The van der Waals surface area contributed by atoms with Crippen molar-refractivity contribution in [3.8, 4) is 0 Å². The number of fused-ring (bicyclic) bond motifs is 1. The molecule has 0 amide bonds. The molecule has 0 aliphatic heterocycles. The summed E-state index contributed by atoms with van der Waals surface area (Å²) >= 11 is 0. The number of nitrogens with one attached hydrogen (secondary N) is 1. The van der Waals surface area contributed by atoms with Crippen LogP contribution in [0.4, 0.5) is 0 Å². The molecule has 20 heavy (non-hydrogen) atoms. The zero-order valence-electron chi connectivity index (χ0n) is 12.1. The third-order valence-electron chi connectivity index (χ3n) is 4.30. The highest BCUT2D eigenvalue weighted by Crippen LogP contribution is 2.39. The number of hydrogen-bond donors (Lipinski definition) is 1. The Morgan fingerprint density at radius 1 is 1.20 bits per heavy atom. The summed E-state index contributed by atoms with van der Waals surface area (Å²) in [7, 11) is 2.02. The van der Waals surface area contributed by atoms with Gasteiger partial charge >= 0.3 is 0 Å². The summed E-state index contributed by atoms with van der Waals surface area (Å²) in [6, 6.07) is 8.63. The lowest BCUT2D eigenvalue weighted by molar-refractivity contribution is 0.407. The zero-order chi connectivity index (χ0) is 13.9. The molecule has 2 aromatic rings. The maximum Gasteiger partial charge on any atom is 0.0609 e. The maximum absolute atomic E-state index is 4.66. The lowest BCUT2D eigenvalue weighted by atomic mass is 9.80. The van der Waals surface area contributed by atoms with Gasteiger partial charge in [0.1, 0.15) is 0 Å². The largest absolute Gasteiger partial charge is 0.311 e. The Bertz CT molecular complexity index is 594. The van der Waals surface area contributed by atoms with Crippen LogP contribution >= 0.6 is 0 Å². The molecule has 2 atom stereocenters. The second kappa shape index (κ2) is 5.71. The van der Waals surface area contributed by atoms with E-state index < -0.39 is 0 Å². The highest BCUT2D eigenvalue weighted by molar-refractivity contribution is 5.31. The topological polar surface area (TPSA) is 37.8 Å². The van der Waals surface area contributed by atoms with Gasteiger partial charge in [-0.1, -0.05) is 12.1 Å². The van der Waals surface area contributed by atoms with E-state index in [-0.39, 0.29) is 6.04 Å².